The van der Waals surface area contributed by atoms with E-state index in [4.69, 9.17) is 9.47 Å². The SMILES string of the molecule is COc1cccc(C2SC(CC(=O)O)c3nnc(C(C)(C)C)n3-c3ccc(C(F)(F)F)cc32)c1OC. The summed E-state index contributed by atoms with van der Waals surface area (Å²) < 4.78 is 54.3. The van der Waals surface area contributed by atoms with Crippen molar-refractivity contribution in [3.8, 4) is 17.2 Å². The fraction of sp³-hybridized carbons (Fsp3) is 0.400. The van der Waals surface area contributed by atoms with E-state index in [-0.39, 0.29) is 6.42 Å². The normalized spacial score (nSPS) is 17.7. The number of carboxylic acids is 1. The molecule has 11 heteroatoms. The number of para-hydroxylation sites is 1. The van der Waals surface area contributed by atoms with Gasteiger partial charge < -0.3 is 14.6 Å². The number of alkyl halides is 3. The summed E-state index contributed by atoms with van der Waals surface area (Å²) in [5, 5.41) is 17.0. The molecule has 7 nitrogen and oxygen atoms in total. The highest BCUT2D eigenvalue weighted by Crippen LogP contribution is 2.54. The van der Waals surface area contributed by atoms with Crippen molar-refractivity contribution in [2.24, 2.45) is 0 Å². The number of benzene rings is 2. The van der Waals surface area contributed by atoms with Crippen LogP contribution in [-0.4, -0.2) is 40.1 Å². The predicted octanol–water partition coefficient (Wildman–Crippen LogP) is 5.95. The first-order chi connectivity index (χ1) is 16.9. The van der Waals surface area contributed by atoms with E-state index in [0.29, 0.717) is 40.0 Å². The Labute approximate surface area is 210 Å². The summed E-state index contributed by atoms with van der Waals surface area (Å²) in [7, 11) is 2.93. The van der Waals surface area contributed by atoms with Gasteiger partial charge in [-0.3, -0.25) is 9.36 Å². The lowest BCUT2D eigenvalue weighted by Crippen LogP contribution is -2.20. The number of aliphatic carboxylic acids is 1. The van der Waals surface area contributed by atoms with Crippen LogP contribution in [-0.2, 0) is 16.4 Å². The third kappa shape index (κ3) is 4.63. The zero-order valence-corrected chi connectivity index (χ0v) is 21.2. The van der Waals surface area contributed by atoms with Crippen LogP contribution in [0.5, 0.6) is 11.5 Å². The molecule has 3 aromatic rings. The number of ether oxygens (including phenoxy) is 2. The van der Waals surface area contributed by atoms with E-state index in [0.717, 1.165) is 12.1 Å². The molecule has 1 N–H and O–H groups in total. The number of thioether (sulfide) groups is 1. The Kier molecular flexibility index (Phi) is 6.72. The molecule has 2 unspecified atom stereocenters. The van der Waals surface area contributed by atoms with Crippen molar-refractivity contribution in [2.75, 3.05) is 14.2 Å². The summed E-state index contributed by atoms with van der Waals surface area (Å²) in [6.07, 6.45) is -4.87. The zero-order valence-electron chi connectivity index (χ0n) is 20.4. The minimum atomic E-state index is -4.57. The maximum absolute atomic E-state index is 13.8. The first-order valence-electron chi connectivity index (χ1n) is 11.1. The standard InChI is InChI=1S/C25H26F3N3O4S/c1-24(2,3)23-30-29-22-18(12-19(32)33)36-21(14-7-6-8-17(34-4)20(14)35-5)15-11-13(25(26,27)28)9-10-16(15)31(22)23/h6-11,18,21H,12H2,1-5H3,(H,32,33). The van der Waals surface area contributed by atoms with Gasteiger partial charge in [-0.1, -0.05) is 32.9 Å². The van der Waals surface area contributed by atoms with Gasteiger partial charge in [0, 0.05) is 11.0 Å². The van der Waals surface area contributed by atoms with Gasteiger partial charge in [-0.2, -0.15) is 13.2 Å². The van der Waals surface area contributed by atoms with E-state index in [1.807, 2.05) is 20.8 Å². The molecule has 2 aromatic carbocycles. The first-order valence-corrected chi connectivity index (χ1v) is 12.1. The average Bonchev–Trinajstić information content (AvgIpc) is 3.21. The van der Waals surface area contributed by atoms with Gasteiger partial charge in [0.1, 0.15) is 5.82 Å². The van der Waals surface area contributed by atoms with Crippen molar-refractivity contribution in [2.45, 2.75) is 49.3 Å². The highest BCUT2D eigenvalue weighted by molar-refractivity contribution is 8.00. The molecule has 0 spiro atoms. The van der Waals surface area contributed by atoms with E-state index in [2.05, 4.69) is 10.2 Å². The molecular formula is C25H26F3N3O4S. The van der Waals surface area contributed by atoms with Crippen LogP contribution >= 0.6 is 11.8 Å². The van der Waals surface area contributed by atoms with Gasteiger partial charge in [0.05, 0.1) is 42.4 Å². The number of carbonyl (C=O) groups is 1. The van der Waals surface area contributed by atoms with Crippen molar-refractivity contribution < 1.29 is 32.5 Å². The van der Waals surface area contributed by atoms with Crippen LogP contribution in [0.15, 0.2) is 36.4 Å². The summed E-state index contributed by atoms with van der Waals surface area (Å²) >= 11 is 1.20. The lowest BCUT2D eigenvalue weighted by Gasteiger charge is -2.24. The van der Waals surface area contributed by atoms with Crippen LogP contribution in [0.1, 0.15) is 66.0 Å². The third-order valence-electron chi connectivity index (χ3n) is 5.90. The number of hydrogen-bond acceptors (Lipinski definition) is 6. The number of carboxylic acid groups (broad SMARTS) is 1. The van der Waals surface area contributed by atoms with Crippen LogP contribution in [0.2, 0.25) is 0 Å². The van der Waals surface area contributed by atoms with Gasteiger partial charge in [-0.15, -0.1) is 22.0 Å². The molecule has 0 radical (unpaired) electrons. The van der Waals surface area contributed by atoms with Gasteiger partial charge in [-0.25, -0.2) is 0 Å². The fourth-order valence-corrected chi connectivity index (χ4v) is 5.84. The average molecular weight is 522 g/mol. The van der Waals surface area contributed by atoms with E-state index in [1.54, 1.807) is 22.8 Å². The van der Waals surface area contributed by atoms with Crippen molar-refractivity contribution in [1.82, 2.24) is 14.8 Å². The summed E-state index contributed by atoms with van der Waals surface area (Å²) in [6.45, 7) is 5.75. The largest absolute Gasteiger partial charge is 0.493 e. The number of fused-ring (bicyclic) bond motifs is 3. The summed E-state index contributed by atoms with van der Waals surface area (Å²) in [4.78, 5) is 11.9. The van der Waals surface area contributed by atoms with Crippen LogP contribution < -0.4 is 9.47 Å². The van der Waals surface area contributed by atoms with Gasteiger partial charge in [0.15, 0.2) is 17.3 Å². The molecule has 4 rings (SSSR count). The smallest absolute Gasteiger partial charge is 0.416 e. The Morgan fingerprint density at radius 1 is 1.08 bits per heavy atom. The van der Waals surface area contributed by atoms with Gasteiger partial charge in [-0.05, 0) is 29.8 Å². The summed E-state index contributed by atoms with van der Waals surface area (Å²) in [5.41, 5.74) is 0.0483. The summed E-state index contributed by atoms with van der Waals surface area (Å²) in [5.74, 6) is 0.615. The van der Waals surface area contributed by atoms with Gasteiger partial charge >= 0.3 is 12.1 Å². The molecule has 192 valence electrons. The number of nitrogens with zero attached hydrogens (tertiary/aromatic N) is 3. The van der Waals surface area contributed by atoms with Crippen LogP contribution in [0.25, 0.3) is 5.69 Å². The predicted molar refractivity (Wildman–Crippen MR) is 129 cm³/mol. The van der Waals surface area contributed by atoms with Crippen molar-refractivity contribution in [3.05, 3.63) is 64.7 Å². The van der Waals surface area contributed by atoms with Crippen molar-refractivity contribution in [1.29, 1.82) is 0 Å². The van der Waals surface area contributed by atoms with E-state index in [9.17, 15) is 23.1 Å². The molecule has 0 aliphatic carbocycles. The van der Waals surface area contributed by atoms with E-state index < -0.39 is 33.6 Å². The molecular weight excluding hydrogens is 495 g/mol. The minimum Gasteiger partial charge on any atom is -0.493 e. The molecule has 0 bridgehead atoms. The fourth-order valence-electron chi connectivity index (χ4n) is 4.33. The maximum atomic E-state index is 13.8. The lowest BCUT2D eigenvalue weighted by molar-refractivity contribution is -0.138. The molecule has 1 aliphatic heterocycles. The second-order valence-electron chi connectivity index (χ2n) is 9.42. The Balaban J connectivity index is 2.08. The molecule has 36 heavy (non-hydrogen) atoms. The number of methoxy groups -OCH3 is 2. The zero-order chi connectivity index (χ0) is 26.4. The Hall–Kier alpha value is -3.21. The summed E-state index contributed by atoms with van der Waals surface area (Å²) in [6, 6.07) is 8.71. The van der Waals surface area contributed by atoms with Crippen molar-refractivity contribution in [3.63, 3.8) is 0 Å². The number of aromatic nitrogens is 3. The highest BCUT2D eigenvalue weighted by atomic mass is 32.2. The second-order valence-corrected chi connectivity index (χ2v) is 10.7. The molecule has 0 saturated heterocycles. The van der Waals surface area contributed by atoms with E-state index >= 15 is 0 Å². The monoisotopic (exact) mass is 521 g/mol. The number of rotatable bonds is 5. The lowest BCUT2D eigenvalue weighted by atomic mass is 9.94. The second kappa shape index (κ2) is 9.34. The molecule has 2 atom stereocenters. The maximum Gasteiger partial charge on any atom is 0.416 e. The first kappa shape index (κ1) is 25.9. The molecule has 2 heterocycles. The molecule has 1 aromatic heterocycles. The third-order valence-corrected chi connectivity index (χ3v) is 7.39. The Morgan fingerprint density at radius 2 is 1.81 bits per heavy atom. The minimum absolute atomic E-state index is 0.296. The number of hydrogen-bond donors (Lipinski definition) is 1. The quantitative estimate of drug-likeness (QED) is 0.444. The van der Waals surface area contributed by atoms with Crippen molar-refractivity contribution >= 4 is 17.7 Å². The highest BCUT2D eigenvalue weighted by Gasteiger charge is 2.40. The van der Waals surface area contributed by atoms with Crippen LogP contribution in [0, 0.1) is 0 Å². The van der Waals surface area contributed by atoms with Crippen LogP contribution in [0.4, 0.5) is 13.2 Å². The molecule has 0 amide bonds. The molecule has 0 fully saturated rings. The van der Waals surface area contributed by atoms with Gasteiger partial charge in [0.25, 0.3) is 0 Å². The van der Waals surface area contributed by atoms with E-state index in [1.165, 1.54) is 32.0 Å². The van der Waals surface area contributed by atoms with Crippen LogP contribution in [0.3, 0.4) is 0 Å². The Morgan fingerprint density at radius 3 is 2.39 bits per heavy atom. The topological polar surface area (TPSA) is 86.5 Å². The molecule has 0 saturated carbocycles. The van der Waals surface area contributed by atoms with Gasteiger partial charge in [0.2, 0.25) is 0 Å². The Bertz CT molecular complexity index is 1300. The molecule has 1 aliphatic rings. The number of halogens is 3.